The Labute approximate surface area is 76.1 Å². The smallest absolute Gasteiger partial charge is 0.509 e. The summed E-state index contributed by atoms with van der Waals surface area (Å²) < 4.78 is 6.45. The first-order valence-corrected chi connectivity index (χ1v) is 4.32. The maximum atomic E-state index is 8.52. The van der Waals surface area contributed by atoms with E-state index in [1.54, 1.807) is 10.9 Å². The van der Waals surface area contributed by atoms with Crippen LogP contribution in [0.15, 0.2) is 12.4 Å². The second-order valence-electron chi connectivity index (χ2n) is 3.18. The second kappa shape index (κ2) is 3.39. The molecule has 2 N–H and O–H groups in total. The Bertz CT molecular complexity index is 285. The number of nitrogens with zero attached hydrogens (tertiary/aromatic N) is 2. The number of hydrogen-bond acceptors (Lipinski definition) is 4. The van der Waals surface area contributed by atoms with E-state index in [9.17, 15) is 0 Å². The Hall–Kier alpha value is -1.01. The lowest BCUT2D eigenvalue weighted by Gasteiger charge is -2.25. The molecule has 0 atom stereocenters. The topological polar surface area (TPSA) is 67.5 Å². The molecule has 1 aromatic heterocycles. The van der Waals surface area contributed by atoms with Gasteiger partial charge in [-0.05, 0) is 19.3 Å². The van der Waals surface area contributed by atoms with Crippen molar-refractivity contribution in [3.63, 3.8) is 0 Å². The van der Waals surface area contributed by atoms with Gasteiger partial charge in [-0.15, -0.1) is 0 Å². The Morgan fingerprint density at radius 3 is 2.85 bits per heavy atom. The summed E-state index contributed by atoms with van der Waals surface area (Å²) in [5.74, 6) is 0.391. The Balaban J connectivity index is 2.00. The van der Waals surface area contributed by atoms with Gasteiger partial charge in [0, 0.05) is 0 Å². The van der Waals surface area contributed by atoms with Crippen LogP contribution in [-0.4, -0.2) is 27.1 Å². The lowest BCUT2D eigenvalue weighted by molar-refractivity contribution is 0.281. The zero-order valence-electron chi connectivity index (χ0n) is 7.13. The van der Waals surface area contributed by atoms with Gasteiger partial charge in [0.2, 0.25) is 0 Å². The van der Waals surface area contributed by atoms with E-state index in [0.29, 0.717) is 11.8 Å². The van der Waals surface area contributed by atoms with Crippen LogP contribution in [0.25, 0.3) is 0 Å². The molecular weight excluding hydrogens is 171 g/mol. The van der Waals surface area contributed by atoms with E-state index in [-0.39, 0.29) is 0 Å². The average Bonchev–Trinajstić information content (AvgIpc) is 2.31. The lowest BCUT2D eigenvalue weighted by Crippen LogP contribution is -2.20. The standard InChI is InChI=1S/C7H11BN2O3/c11-8(12)13-7-4-9-10(5-7)6-2-1-3-6/h4-6,11-12H,1-3H2. The summed E-state index contributed by atoms with van der Waals surface area (Å²) in [5, 5.41) is 21.1. The van der Waals surface area contributed by atoms with Crippen LogP contribution < -0.4 is 4.65 Å². The SMILES string of the molecule is OB(O)Oc1cnn(C2CCC2)c1. The molecule has 6 heteroatoms. The predicted molar refractivity (Wildman–Crippen MR) is 45.9 cm³/mol. The van der Waals surface area contributed by atoms with Gasteiger partial charge >= 0.3 is 7.32 Å². The van der Waals surface area contributed by atoms with E-state index in [2.05, 4.69) is 9.75 Å². The fourth-order valence-corrected chi connectivity index (χ4v) is 1.35. The normalized spacial score (nSPS) is 16.8. The highest BCUT2D eigenvalue weighted by molar-refractivity contribution is 6.33. The van der Waals surface area contributed by atoms with E-state index in [1.807, 2.05) is 0 Å². The van der Waals surface area contributed by atoms with Crippen molar-refractivity contribution in [2.75, 3.05) is 0 Å². The lowest BCUT2D eigenvalue weighted by atomic mass is 9.93. The minimum absolute atomic E-state index is 0.391. The summed E-state index contributed by atoms with van der Waals surface area (Å²) in [4.78, 5) is 0. The molecule has 0 aliphatic heterocycles. The molecule has 1 fully saturated rings. The Morgan fingerprint density at radius 2 is 2.31 bits per heavy atom. The molecular formula is C7H11BN2O3. The summed E-state index contributed by atoms with van der Waals surface area (Å²) in [6, 6.07) is 0.466. The van der Waals surface area contributed by atoms with Crippen LogP contribution in [0.3, 0.4) is 0 Å². The molecule has 0 aromatic carbocycles. The third-order valence-electron chi connectivity index (χ3n) is 2.27. The fourth-order valence-electron chi connectivity index (χ4n) is 1.35. The van der Waals surface area contributed by atoms with Gasteiger partial charge in [0.25, 0.3) is 0 Å². The van der Waals surface area contributed by atoms with E-state index in [4.69, 9.17) is 10.0 Å². The highest BCUT2D eigenvalue weighted by atomic mass is 16.6. The summed E-state index contributed by atoms with van der Waals surface area (Å²) in [7, 11) is -1.76. The number of rotatable bonds is 3. The van der Waals surface area contributed by atoms with Crippen LogP contribution in [-0.2, 0) is 0 Å². The van der Waals surface area contributed by atoms with Gasteiger partial charge < -0.3 is 14.7 Å². The van der Waals surface area contributed by atoms with Crippen LogP contribution >= 0.6 is 0 Å². The highest BCUT2D eigenvalue weighted by Gasteiger charge is 2.21. The van der Waals surface area contributed by atoms with Gasteiger partial charge in [0.1, 0.15) is 5.75 Å². The molecule has 1 aromatic rings. The maximum absolute atomic E-state index is 8.52. The summed E-state index contributed by atoms with van der Waals surface area (Å²) in [6.07, 6.45) is 6.69. The molecule has 2 rings (SSSR count). The van der Waals surface area contributed by atoms with Gasteiger partial charge in [0.15, 0.2) is 0 Å². The van der Waals surface area contributed by atoms with Crippen molar-refractivity contribution in [2.45, 2.75) is 25.3 Å². The van der Waals surface area contributed by atoms with E-state index < -0.39 is 7.32 Å². The third kappa shape index (κ3) is 1.84. The van der Waals surface area contributed by atoms with Gasteiger partial charge in [-0.1, -0.05) is 0 Å². The van der Waals surface area contributed by atoms with Gasteiger partial charge in [0.05, 0.1) is 18.4 Å². The first-order valence-electron chi connectivity index (χ1n) is 4.32. The van der Waals surface area contributed by atoms with Gasteiger partial charge in [-0.3, -0.25) is 4.68 Å². The van der Waals surface area contributed by atoms with Gasteiger partial charge in [-0.2, -0.15) is 5.10 Å². The largest absolute Gasteiger partial charge is 0.707 e. The molecule has 13 heavy (non-hydrogen) atoms. The molecule has 5 nitrogen and oxygen atoms in total. The summed E-state index contributed by atoms with van der Waals surface area (Å²) in [5.41, 5.74) is 0. The minimum Gasteiger partial charge on any atom is -0.509 e. The molecule has 0 radical (unpaired) electrons. The molecule has 1 aliphatic rings. The zero-order valence-corrected chi connectivity index (χ0v) is 7.13. The van der Waals surface area contributed by atoms with E-state index in [0.717, 1.165) is 12.8 Å². The van der Waals surface area contributed by atoms with Crippen molar-refractivity contribution < 1.29 is 14.7 Å². The first-order chi connectivity index (χ1) is 6.25. The van der Waals surface area contributed by atoms with Crippen molar-refractivity contribution >= 4 is 7.32 Å². The number of hydrogen-bond donors (Lipinski definition) is 2. The molecule has 0 spiro atoms. The zero-order chi connectivity index (χ0) is 9.26. The maximum Gasteiger partial charge on any atom is 0.707 e. The predicted octanol–water partition coefficient (Wildman–Crippen LogP) is -0.0436. The first kappa shape index (κ1) is 8.59. The Morgan fingerprint density at radius 1 is 1.54 bits per heavy atom. The number of aromatic nitrogens is 2. The van der Waals surface area contributed by atoms with Crippen molar-refractivity contribution in [1.29, 1.82) is 0 Å². The third-order valence-corrected chi connectivity index (χ3v) is 2.27. The quantitative estimate of drug-likeness (QED) is 0.643. The highest BCUT2D eigenvalue weighted by Crippen LogP contribution is 2.31. The average molecular weight is 182 g/mol. The van der Waals surface area contributed by atoms with Crippen LogP contribution in [0.2, 0.25) is 0 Å². The van der Waals surface area contributed by atoms with E-state index in [1.165, 1.54) is 12.6 Å². The molecule has 0 bridgehead atoms. The van der Waals surface area contributed by atoms with Crippen molar-refractivity contribution in [3.8, 4) is 5.75 Å². The monoisotopic (exact) mass is 182 g/mol. The Kier molecular flexibility index (Phi) is 2.24. The van der Waals surface area contributed by atoms with Crippen LogP contribution in [0.5, 0.6) is 5.75 Å². The molecule has 0 unspecified atom stereocenters. The molecule has 1 aliphatic carbocycles. The molecule has 1 saturated carbocycles. The summed E-state index contributed by atoms with van der Waals surface area (Å²) in [6.45, 7) is 0. The molecule has 0 amide bonds. The second-order valence-corrected chi connectivity index (χ2v) is 3.18. The van der Waals surface area contributed by atoms with Crippen molar-refractivity contribution in [3.05, 3.63) is 12.4 Å². The van der Waals surface area contributed by atoms with Gasteiger partial charge in [-0.25, -0.2) is 0 Å². The van der Waals surface area contributed by atoms with Crippen LogP contribution in [0.1, 0.15) is 25.3 Å². The molecule has 70 valence electrons. The fraction of sp³-hybridized carbons (Fsp3) is 0.571. The molecule has 1 heterocycles. The van der Waals surface area contributed by atoms with Crippen molar-refractivity contribution in [2.24, 2.45) is 0 Å². The summed E-state index contributed by atoms with van der Waals surface area (Å²) >= 11 is 0. The van der Waals surface area contributed by atoms with Crippen LogP contribution in [0, 0.1) is 0 Å². The van der Waals surface area contributed by atoms with Crippen molar-refractivity contribution in [1.82, 2.24) is 9.78 Å². The minimum atomic E-state index is -1.76. The van der Waals surface area contributed by atoms with Crippen LogP contribution in [0.4, 0.5) is 0 Å². The van der Waals surface area contributed by atoms with E-state index >= 15 is 0 Å². The molecule has 0 saturated heterocycles.